The maximum Gasteiger partial charge on any atom is 0.356 e. The number of fused-ring (bicyclic) bond motifs is 1. The van der Waals surface area contributed by atoms with E-state index in [1.807, 2.05) is 0 Å². The van der Waals surface area contributed by atoms with Crippen LogP contribution in [0.2, 0.25) is 10.0 Å². The third-order valence-electron chi connectivity index (χ3n) is 3.85. The van der Waals surface area contributed by atoms with Gasteiger partial charge in [-0.15, -0.1) is 0 Å². The summed E-state index contributed by atoms with van der Waals surface area (Å²) in [6.07, 6.45) is 1.17. The molecule has 0 aliphatic rings. The van der Waals surface area contributed by atoms with Crippen LogP contribution < -0.4 is 4.72 Å². The molecule has 7 nitrogen and oxygen atoms in total. The molecular formula is C17H15Cl2N3O4S. The van der Waals surface area contributed by atoms with Crippen molar-refractivity contribution in [2.45, 2.75) is 11.8 Å². The minimum atomic E-state index is -3.95. The van der Waals surface area contributed by atoms with Crippen LogP contribution in [0.4, 0.5) is 5.69 Å². The summed E-state index contributed by atoms with van der Waals surface area (Å²) in [7, 11) is -2.36. The number of rotatable bonds is 5. The summed E-state index contributed by atoms with van der Waals surface area (Å²) in [4.78, 5) is 16.1. The summed E-state index contributed by atoms with van der Waals surface area (Å²) in [6, 6.07) is 7.86. The van der Waals surface area contributed by atoms with E-state index < -0.39 is 16.0 Å². The monoisotopic (exact) mass is 427 g/mol. The molecular weight excluding hydrogens is 413 g/mol. The Morgan fingerprint density at radius 3 is 2.67 bits per heavy atom. The number of benzene rings is 1. The number of nitrogens with one attached hydrogen (secondary N) is 1. The zero-order valence-electron chi connectivity index (χ0n) is 14.4. The highest BCUT2D eigenvalue weighted by atomic mass is 35.5. The summed E-state index contributed by atoms with van der Waals surface area (Å²) in [5, 5.41) is 0.371. The lowest BCUT2D eigenvalue weighted by atomic mass is 10.3. The van der Waals surface area contributed by atoms with Gasteiger partial charge in [0.25, 0.3) is 10.0 Å². The van der Waals surface area contributed by atoms with Gasteiger partial charge in [-0.05, 0) is 25.1 Å². The first-order valence-electron chi connectivity index (χ1n) is 7.84. The first-order chi connectivity index (χ1) is 12.8. The quantitative estimate of drug-likeness (QED) is 0.624. The number of esters is 1. The number of halogens is 2. The molecule has 142 valence electrons. The number of carbonyl (C=O) groups excluding carboxylic acids is 1. The number of carbonyl (C=O) groups is 1. The van der Waals surface area contributed by atoms with Crippen LogP contribution in [0.1, 0.15) is 17.4 Å². The van der Waals surface area contributed by atoms with Crippen LogP contribution in [0.5, 0.6) is 0 Å². The van der Waals surface area contributed by atoms with Crippen molar-refractivity contribution < 1.29 is 17.9 Å². The molecule has 0 spiro atoms. The van der Waals surface area contributed by atoms with Crippen molar-refractivity contribution in [2.75, 3.05) is 11.3 Å². The Hall–Kier alpha value is -2.29. The van der Waals surface area contributed by atoms with Crippen LogP contribution in [0.15, 0.2) is 41.4 Å². The number of hydrogen-bond donors (Lipinski definition) is 1. The molecule has 0 saturated heterocycles. The average Bonchev–Trinajstić information content (AvgIpc) is 2.87. The maximum absolute atomic E-state index is 12.7. The number of hydrogen-bond acceptors (Lipinski definition) is 5. The van der Waals surface area contributed by atoms with E-state index >= 15 is 0 Å². The molecule has 3 aromatic rings. The van der Waals surface area contributed by atoms with E-state index in [0.717, 1.165) is 0 Å². The predicted molar refractivity (Wildman–Crippen MR) is 104 cm³/mol. The Morgan fingerprint density at radius 1 is 1.30 bits per heavy atom. The molecule has 0 saturated carbocycles. The van der Waals surface area contributed by atoms with Crippen LogP contribution in [-0.2, 0) is 21.8 Å². The van der Waals surface area contributed by atoms with Crippen molar-refractivity contribution in [2.24, 2.45) is 7.05 Å². The summed E-state index contributed by atoms with van der Waals surface area (Å²) in [6.45, 7) is 1.86. The van der Waals surface area contributed by atoms with E-state index in [1.165, 1.54) is 16.8 Å². The van der Waals surface area contributed by atoms with E-state index in [0.29, 0.717) is 11.0 Å². The van der Waals surface area contributed by atoms with Crippen LogP contribution >= 0.6 is 23.2 Å². The normalized spacial score (nSPS) is 11.6. The minimum absolute atomic E-state index is 0.0948. The Morgan fingerprint density at radius 2 is 2.00 bits per heavy atom. The molecule has 10 heteroatoms. The SMILES string of the molecule is CCOC(=O)c1c(Cl)c2ncc(S(=O)(=O)Nc3ccccc3Cl)cc2n1C. The number of anilines is 1. The number of ether oxygens (including phenoxy) is 1. The zero-order chi connectivity index (χ0) is 19.8. The standard InChI is InChI=1S/C17H15Cl2N3O4S/c1-3-26-17(23)16-14(19)15-13(22(16)2)8-10(9-20-15)27(24,25)21-12-7-5-4-6-11(12)18/h4-9,21H,3H2,1-2H3. The van der Waals surface area contributed by atoms with Crippen molar-refractivity contribution in [3.8, 4) is 0 Å². The second-order valence-electron chi connectivity index (χ2n) is 5.57. The molecule has 0 amide bonds. The molecule has 0 aliphatic carbocycles. The summed E-state index contributed by atoms with van der Waals surface area (Å²) >= 11 is 12.3. The first-order valence-corrected chi connectivity index (χ1v) is 10.1. The second kappa shape index (κ2) is 7.38. The zero-order valence-corrected chi connectivity index (χ0v) is 16.7. The number of pyridine rings is 1. The predicted octanol–water partition coefficient (Wildman–Crippen LogP) is 3.86. The molecule has 0 bridgehead atoms. The van der Waals surface area contributed by atoms with Gasteiger partial charge in [-0.1, -0.05) is 35.3 Å². The van der Waals surface area contributed by atoms with E-state index in [-0.39, 0.29) is 32.9 Å². The van der Waals surface area contributed by atoms with Gasteiger partial charge in [0, 0.05) is 13.2 Å². The first kappa shape index (κ1) is 19.5. The van der Waals surface area contributed by atoms with Gasteiger partial charge < -0.3 is 9.30 Å². The molecule has 27 heavy (non-hydrogen) atoms. The fraction of sp³-hybridized carbons (Fsp3) is 0.176. The Balaban J connectivity index is 2.07. The highest BCUT2D eigenvalue weighted by molar-refractivity contribution is 7.92. The van der Waals surface area contributed by atoms with Crippen LogP contribution in [0, 0.1) is 0 Å². The van der Waals surface area contributed by atoms with Crippen molar-refractivity contribution in [3.63, 3.8) is 0 Å². The highest BCUT2D eigenvalue weighted by Gasteiger charge is 2.24. The van der Waals surface area contributed by atoms with Gasteiger partial charge in [-0.2, -0.15) is 0 Å². The molecule has 2 aromatic heterocycles. The highest BCUT2D eigenvalue weighted by Crippen LogP contribution is 2.31. The molecule has 1 N–H and O–H groups in total. The van der Waals surface area contributed by atoms with Crippen LogP contribution in [0.3, 0.4) is 0 Å². The summed E-state index contributed by atoms with van der Waals surface area (Å²) < 4.78 is 34.3. The lowest BCUT2D eigenvalue weighted by Gasteiger charge is -2.09. The lowest BCUT2D eigenvalue weighted by Crippen LogP contribution is -2.14. The number of sulfonamides is 1. The van der Waals surface area contributed by atoms with Crippen LogP contribution in [0.25, 0.3) is 11.0 Å². The second-order valence-corrected chi connectivity index (χ2v) is 8.03. The average molecular weight is 428 g/mol. The number of aryl methyl sites for hydroxylation is 1. The maximum atomic E-state index is 12.7. The summed E-state index contributed by atoms with van der Waals surface area (Å²) in [5.41, 5.74) is 1.04. The molecule has 0 atom stereocenters. The minimum Gasteiger partial charge on any atom is -0.461 e. The van der Waals surface area contributed by atoms with Gasteiger partial charge in [-0.25, -0.2) is 13.2 Å². The molecule has 0 unspecified atom stereocenters. The lowest BCUT2D eigenvalue weighted by molar-refractivity contribution is 0.0516. The van der Waals surface area contributed by atoms with Gasteiger partial charge >= 0.3 is 5.97 Å². The van der Waals surface area contributed by atoms with Gasteiger partial charge in [0.05, 0.1) is 27.9 Å². The van der Waals surface area contributed by atoms with Gasteiger partial charge in [-0.3, -0.25) is 9.71 Å². The van der Waals surface area contributed by atoms with E-state index in [1.54, 1.807) is 38.2 Å². The van der Waals surface area contributed by atoms with E-state index in [2.05, 4.69) is 9.71 Å². The molecule has 1 aromatic carbocycles. The molecule has 3 rings (SSSR count). The molecule has 0 fully saturated rings. The Kier molecular flexibility index (Phi) is 5.32. The van der Waals surface area contributed by atoms with Crippen molar-refractivity contribution >= 4 is 55.9 Å². The van der Waals surface area contributed by atoms with Crippen molar-refractivity contribution in [3.05, 3.63) is 52.3 Å². The summed E-state index contributed by atoms with van der Waals surface area (Å²) in [5.74, 6) is -0.610. The third kappa shape index (κ3) is 3.60. The Labute approximate surface area is 165 Å². The largest absolute Gasteiger partial charge is 0.461 e. The van der Waals surface area contributed by atoms with Gasteiger partial charge in [0.1, 0.15) is 16.1 Å². The van der Waals surface area contributed by atoms with Crippen molar-refractivity contribution in [1.29, 1.82) is 0 Å². The third-order valence-corrected chi connectivity index (χ3v) is 5.87. The molecule has 0 aliphatic heterocycles. The molecule has 0 radical (unpaired) electrons. The van der Waals surface area contributed by atoms with E-state index in [4.69, 9.17) is 27.9 Å². The fourth-order valence-electron chi connectivity index (χ4n) is 2.56. The topological polar surface area (TPSA) is 90.3 Å². The van der Waals surface area contributed by atoms with Crippen molar-refractivity contribution in [1.82, 2.24) is 9.55 Å². The molecule has 2 heterocycles. The fourth-order valence-corrected chi connectivity index (χ4v) is 4.19. The number of aromatic nitrogens is 2. The van der Waals surface area contributed by atoms with Crippen LogP contribution in [-0.4, -0.2) is 30.5 Å². The van der Waals surface area contributed by atoms with Gasteiger partial charge in [0.15, 0.2) is 0 Å². The smallest absolute Gasteiger partial charge is 0.356 e. The van der Waals surface area contributed by atoms with E-state index in [9.17, 15) is 13.2 Å². The number of para-hydroxylation sites is 1. The van der Waals surface area contributed by atoms with Gasteiger partial charge in [0.2, 0.25) is 0 Å². The number of nitrogens with zero attached hydrogens (tertiary/aromatic N) is 2. The Bertz CT molecular complexity index is 1140.